The molecule has 0 aromatic heterocycles. The van der Waals surface area contributed by atoms with Gasteiger partial charge >= 0.3 is 0 Å². The van der Waals surface area contributed by atoms with Gasteiger partial charge in [0, 0.05) is 39.6 Å². The molecule has 1 aromatic carbocycles. The van der Waals surface area contributed by atoms with Crippen LogP contribution in [0.15, 0.2) is 35.3 Å². The van der Waals surface area contributed by atoms with Crippen molar-refractivity contribution in [3.05, 3.63) is 35.9 Å². The lowest BCUT2D eigenvalue weighted by atomic mass is 9.92. The molecular formula is C20H32N4O2. The number of amides is 1. The van der Waals surface area contributed by atoms with E-state index in [1.165, 1.54) is 5.56 Å². The van der Waals surface area contributed by atoms with Crippen LogP contribution >= 0.6 is 0 Å². The number of nitrogens with zero attached hydrogens (tertiary/aromatic N) is 2. The van der Waals surface area contributed by atoms with E-state index in [1.807, 2.05) is 32.0 Å². The Morgan fingerprint density at radius 3 is 2.73 bits per heavy atom. The van der Waals surface area contributed by atoms with E-state index in [0.717, 1.165) is 32.1 Å². The minimum Gasteiger partial charge on any atom is -0.376 e. The Balaban J connectivity index is 1.76. The number of hydrogen-bond donors (Lipinski definition) is 2. The summed E-state index contributed by atoms with van der Waals surface area (Å²) in [5.41, 5.74) is 0.721. The molecule has 1 fully saturated rings. The van der Waals surface area contributed by atoms with Crippen molar-refractivity contribution in [3.8, 4) is 0 Å². The summed E-state index contributed by atoms with van der Waals surface area (Å²) in [7, 11) is 3.45. The molecule has 0 spiro atoms. The average Bonchev–Trinajstić information content (AvgIpc) is 3.11. The fourth-order valence-corrected chi connectivity index (χ4v) is 3.13. The van der Waals surface area contributed by atoms with Crippen LogP contribution < -0.4 is 10.6 Å². The largest absolute Gasteiger partial charge is 0.376 e. The van der Waals surface area contributed by atoms with Gasteiger partial charge in [0.15, 0.2) is 5.96 Å². The minimum absolute atomic E-state index is 0.0223. The summed E-state index contributed by atoms with van der Waals surface area (Å²) in [6, 6.07) is 10.3. The summed E-state index contributed by atoms with van der Waals surface area (Å²) in [5.74, 6) is 1.38. The van der Waals surface area contributed by atoms with Crippen LogP contribution in [-0.2, 0) is 16.1 Å². The summed E-state index contributed by atoms with van der Waals surface area (Å²) < 4.78 is 5.89. The van der Waals surface area contributed by atoms with Crippen molar-refractivity contribution in [1.29, 1.82) is 0 Å². The molecule has 144 valence electrons. The molecule has 2 rings (SSSR count). The molecule has 1 unspecified atom stereocenters. The lowest BCUT2D eigenvalue weighted by molar-refractivity contribution is -0.128. The molecule has 26 heavy (non-hydrogen) atoms. The maximum absolute atomic E-state index is 11.9. The summed E-state index contributed by atoms with van der Waals surface area (Å²) in [6.07, 6.45) is 1.09. The number of aliphatic imine (C=N–C) groups is 1. The van der Waals surface area contributed by atoms with Crippen LogP contribution in [0.2, 0.25) is 0 Å². The van der Waals surface area contributed by atoms with Crippen molar-refractivity contribution >= 4 is 11.9 Å². The third kappa shape index (κ3) is 5.73. The van der Waals surface area contributed by atoms with E-state index in [9.17, 15) is 4.79 Å². The second-order valence-electron chi connectivity index (χ2n) is 7.47. The predicted octanol–water partition coefficient (Wildman–Crippen LogP) is 1.87. The average molecular weight is 361 g/mol. The van der Waals surface area contributed by atoms with Gasteiger partial charge in [0.1, 0.15) is 0 Å². The van der Waals surface area contributed by atoms with Crippen LogP contribution in [-0.4, -0.2) is 57.1 Å². The monoisotopic (exact) mass is 360 g/mol. The maximum atomic E-state index is 11.9. The first-order chi connectivity index (χ1) is 12.5. The minimum atomic E-state index is -0.484. The Morgan fingerprint density at radius 2 is 2.08 bits per heavy atom. The predicted molar refractivity (Wildman–Crippen MR) is 105 cm³/mol. The van der Waals surface area contributed by atoms with Crippen LogP contribution in [0.1, 0.15) is 25.8 Å². The number of carbonyl (C=O) groups excluding carboxylic acids is 1. The van der Waals surface area contributed by atoms with Crippen molar-refractivity contribution < 1.29 is 9.53 Å². The second kappa shape index (κ2) is 9.57. The molecule has 0 bridgehead atoms. The van der Waals surface area contributed by atoms with Gasteiger partial charge in [-0.05, 0) is 25.8 Å². The van der Waals surface area contributed by atoms with Gasteiger partial charge in [0.2, 0.25) is 5.91 Å². The lowest BCUT2D eigenvalue weighted by Crippen LogP contribution is -2.48. The third-order valence-electron chi connectivity index (χ3n) is 4.79. The van der Waals surface area contributed by atoms with Gasteiger partial charge in [-0.3, -0.25) is 9.79 Å². The van der Waals surface area contributed by atoms with Crippen LogP contribution in [0.5, 0.6) is 0 Å². The first kappa shape index (κ1) is 20.2. The van der Waals surface area contributed by atoms with Crippen LogP contribution in [0.25, 0.3) is 0 Å². The summed E-state index contributed by atoms with van der Waals surface area (Å²) in [5, 5.41) is 6.05. The highest BCUT2D eigenvalue weighted by atomic mass is 16.5. The van der Waals surface area contributed by atoms with E-state index in [1.54, 1.807) is 14.1 Å². The number of hydrogen-bond acceptors (Lipinski definition) is 3. The highest BCUT2D eigenvalue weighted by Crippen LogP contribution is 2.18. The highest BCUT2D eigenvalue weighted by Gasteiger charge is 2.29. The Labute approximate surface area is 157 Å². The molecule has 1 atom stereocenters. The van der Waals surface area contributed by atoms with Gasteiger partial charge in [-0.15, -0.1) is 0 Å². The van der Waals surface area contributed by atoms with E-state index in [-0.39, 0.29) is 5.91 Å². The Morgan fingerprint density at radius 1 is 1.35 bits per heavy atom. The highest BCUT2D eigenvalue weighted by molar-refractivity contribution is 5.84. The Hall–Kier alpha value is -2.08. The van der Waals surface area contributed by atoms with Gasteiger partial charge in [0.25, 0.3) is 0 Å². The number of rotatable bonds is 7. The number of carbonyl (C=O) groups is 1. The van der Waals surface area contributed by atoms with Crippen LogP contribution in [0.4, 0.5) is 0 Å². The topological polar surface area (TPSA) is 66.0 Å². The molecule has 0 saturated carbocycles. The normalized spacial score (nSPS) is 18.1. The van der Waals surface area contributed by atoms with Crippen molar-refractivity contribution in [2.75, 3.05) is 40.3 Å². The molecule has 1 aliphatic rings. The van der Waals surface area contributed by atoms with Crippen molar-refractivity contribution in [1.82, 2.24) is 15.5 Å². The molecule has 6 heteroatoms. The van der Waals surface area contributed by atoms with Gasteiger partial charge in [-0.25, -0.2) is 0 Å². The molecule has 0 aliphatic carbocycles. The van der Waals surface area contributed by atoms with Crippen LogP contribution in [0.3, 0.4) is 0 Å². The molecule has 0 radical (unpaired) electrons. The first-order valence-electron chi connectivity index (χ1n) is 9.25. The fourth-order valence-electron chi connectivity index (χ4n) is 3.13. The number of ether oxygens (including phenoxy) is 1. The Bertz CT molecular complexity index is 601. The van der Waals surface area contributed by atoms with Crippen LogP contribution in [0, 0.1) is 11.3 Å². The Kier molecular flexibility index (Phi) is 7.45. The van der Waals surface area contributed by atoms with E-state index in [4.69, 9.17) is 4.74 Å². The second-order valence-corrected chi connectivity index (χ2v) is 7.47. The quantitative estimate of drug-likeness (QED) is 0.575. The van der Waals surface area contributed by atoms with Crippen molar-refractivity contribution in [2.45, 2.75) is 26.9 Å². The van der Waals surface area contributed by atoms with E-state index < -0.39 is 5.41 Å². The third-order valence-corrected chi connectivity index (χ3v) is 4.79. The maximum Gasteiger partial charge on any atom is 0.227 e. The molecule has 1 saturated heterocycles. The van der Waals surface area contributed by atoms with Gasteiger partial charge in [0.05, 0.1) is 18.6 Å². The smallest absolute Gasteiger partial charge is 0.227 e. The number of likely N-dealkylation sites (tertiary alicyclic amines) is 1. The van der Waals surface area contributed by atoms with Gasteiger partial charge < -0.3 is 20.3 Å². The molecule has 1 aromatic rings. The molecule has 6 nitrogen and oxygen atoms in total. The molecular weight excluding hydrogens is 328 g/mol. The summed E-state index contributed by atoms with van der Waals surface area (Å²) in [4.78, 5) is 18.5. The molecule has 2 N–H and O–H groups in total. The molecule has 1 amide bonds. The number of benzene rings is 1. The SMILES string of the molecule is CN=C(NCC(C)(C)C(=O)NC)N1CCC(COCc2ccccc2)C1. The van der Waals surface area contributed by atoms with Gasteiger partial charge in [-0.2, -0.15) is 0 Å². The zero-order chi connectivity index (χ0) is 19.0. The molecule has 1 heterocycles. The first-order valence-corrected chi connectivity index (χ1v) is 9.25. The van der Waals surface area contributed by atoms with Crippen molar-refractivity contribution in [2.24, 2.45) is 16.3 Å². The zero-order valence-electron chi connectivity index (χ0n) is 16.4. The summed E-state index contributed by atoms with van der Waals surface area (Å²) in [6.45, 7) is 7.70. The fraction of sp³-hybridized carbons (Fsp3) is 0.600. The van der Waals surface area contributed by atoms with Crippen molar-refractivity contribution in [3.63, 3.8) is 0 Å². The van der Waals surface area contributed by atoms with E-state index in [0.29, 0.717) is 19.1 Å². The molecule has 1 aliphatic heterocycles. The standard InChI is InChI=1S/C20H32N4O2/c1-20(2,18(25)21-3)15-23-19(22-4)24-11-10-17(12-24)14-26-13-16-8-6-5-7-9-16/h5-9,17H,10-15H2,1-4H3,(H,21,25)(H,22,23). The number of guanidine groups is 1. The zero-order valence-corrected chi connectivity index (χ0v) is 16.4. The van der Waals surface area contributed by atoms with E-state index in [2.05, 4.69) is 32.7 Å². The summed E-state index contributed by atoms with van der Waals surface area (Å²) >= 11 is 0. The lowest BCUT2D eigenvalue weighted by Gasteiger charge is -2.27. The van der Waals surface area contributed by atoms with Gasteiger partial charge in [-0.1, -0.05) is 30.3 Å². The van der Waals surface area contributed by atoms with E-state index >= 15 is 0 Å². The number of nitrogens with one attached hydrogen (secondary N) is 2.